The molecule has 0 aliphatic heterocycles. The minimum absolute atomic E-state index is 0.0184. The van der Waals surface area contributed by atoms with Crippen molar-refractivity contribution >= 4 is 23.2 Å². The van der Waals surface area contributed by atoms with Crippen LogP contribution in [0.25, 0.3) is 0 Å². The highest BCUT2D eigenvalue weighted by Crippen LogP contribution is 2.16. The van der Waals surface area contributed by atoms with Crippen LogP contribution in [0.2, 0.25) is 0 Å². The third-order valence-corrected chi connectivity index (χ3v) is 3.09. The minimum Gasteiger partial charge on any atom is -0.366 e. The van der Waals surface area contributed by atoms with E-state index in [0.29, 0.717) is 23.4 Å². The third-order valence-electron chi connectivity index (χ3n) is 3.09. The Balaban J connectivity index is 2.14. The molecular formula is C15H19N5O. The topological polar surface area (TPSA) is 79.8 Å². The second-order valence-corrected chi connectivity index (χ2v) is 4.88. The van der Waals surface area contributed by atoms with Crippen molar-refractivity contribution in [3.05, 3.63) is 36.0 Å². The summed E-state index contributed by atoms with van der Waals surface area (Å²) in [6.45, 7) is 5.71. The van der Waals surface area contributed by atoms with Crippen molar-refractivity contribution in [2.24, 2.45) is 0 Å². The highest BCUT2D eigenvalue weighted by Gasteiger charge is 2.05. The fourth-order valence-electron chi connectivity index (χ4n) is 1.73. The zero-order chi connectivity index (χ0) is 15.2. The summed E-state index contributed by atoms with van der Waals surface area (Å²) in [5.74, 6) is 1.08. The lowest BCUT2D eigenvalue weighted by atomic mass is 10.1. The molecule has 0 spiro atoms. The van der Waals surface area contributed by atoms with E-state index < -0.39 is 0 Å². The Kier molecular flexibility index (Phi) is 4.81. The van der Waals surface area contributed by atoms with Crippen LogP contribution in [0.1, 0.15) is 37.6 Å². The smallest absolute Gasteiger partial charge is 0.249 e. The van der Waals surface area contributed by atoms with Crippen LogP contribution >= 0.6 is 0 Å². The van der Waals surface area contributed by atoms with E-state index in [4.69, 9.17) is 0 Å². The van der Waals surface area contributed by atoms with E-state index in [0.717, 1.165) is 12.1 Å². The van der Waals surface area contributed by atoms with Gasteiger partial charge in [-0.05, 0) is 32.4 Å². The molecule has 0 amide bonds. The largest absolute Gasteiger partial charge is 0.366 e. The van der Waals surface area contributed by atoms with Crippen LogP contribution < -0.4 is 10.6 Å². The monoisotopic (exact) mass is 285 g/mol. The van der Waals surface area contributed by atoms with Crippen molar-refractivity contribution in [3.8, 4) is 0 Å². The summed E-state index contributed by atoms with van der Waals surface area (Å²) in [6.07, 6.45) is 2.58. The molecule has 0 radical (unpaired) electrons. The minimum atomic E-state index is 0.0184. The number of nitrogens with zero attached hydrogens (tertiary/aromatic N) is 3. The van der Waals surface area contributed by atoms with Gasteiger partial charge in [0.15, 0.2) is 11.6 Å². The average Bonchev–Trinajstić information content (AvgIpc) is 2.47. The molecule has 2 aromatic rings. The van der Waals surface area contributed by atoms with Gasteiger partial charge in [0.2, 0.25) is 5.95 Å². The van der Waals surface area contributed by atoms with Crippen molar-refractivity contribution in [2.75, 3.05) is 10.6 Å². The Hall–Kier alpha value is -2.50. The number of Topliss-reactive ketones (excluding diaryl/α,β-unsaturated/α-hetero) is 1. The number of benzene rings is 1. The van der Waals surface area contributed by atoms with Crippen LogP contribution in [0.5, 0.6) is 0 Å². The first-order chi connectivity index (χ1) is 10.1. The predicted molar refractivity (Wildman–Crippen MR) is 82.9 cm³/mol. The summed E-state index contributed by atoms with van der Waals surface area (Å²) < 4.78 is 0. The maximum absolute atomic E-state index is 11.4. The van der Waals surface area contributed by atoms with Crippen LogP contribution in [0.15, 0.2) is 30.5 Å². The SMILES string of the molecule is CCC(C)Nc1cnnc(Nc2cccc(C(C)=O)c2)n1. The van der Waals surface area contributed by atoms with Gasteiger partial charge in [-0.2, -0.15) is 10.1 Å². The van der Waals surface area contributed by atoms with Gasteiger partial charge in [0.05, 0.1) is 6.20 Å². The standard InChI is InChI=1S/C15H19N5O/c1-4-10(2)17-14-9-16-20-15(19-14)18-13-7-5-6-12(8-13)11(3)21/h5-10H,4H2,1-3H3,(H2,17,18,19,20). The summed E-state index contributed by atoms with van der Waals surface area (Å²) in [6, 6.07) is 7.52. The zero-order valence-corrected chi connectivity index (χ0v) is 12.4. The molecule has 21 heavy (non-hydrogen) atoms. The molecule has 1 aromatic heterocycles. The Morgan fingerprint density at radius 2 is 2.19 bits per heavy atom. The molecule has 1 heterocycles. The molecule has 6 nitrogen and oxygen atoms in total. The van der Waals surface area contributed by atoms with Gasteiger partial charge in [-0.1, -0.05) is 19.1 Å². The van der Waals surface area contributed by atoms with E-state index in [1.165, 1.54) is 6.92 Å². The first-order valence-corrected chi connectivity index (χ1v) is 6.92. The molecular weight excluding hydrogens is 266 g/mol. The molecule has 0 saturated heterocycles. The normalized spacial score (nSPS) is 11.8. The molecule has 1 atom stereocenters. The number of anilines is 3. The van der Waals surface area contributed by atoms with Gasteiger partial charge in [-0.25, -0.2) is 0 Å². The van der Waals surface area contributed by atoms with Crippen LogP contribution in [-0.2, 0) is 0 Å². The van der Waals surface area contributed by atoms with Gasteiger partial charge in [0.1, 0.15) is 0 Å². The van der Waals surface area contributed by atoms with Gasteiger partial charge < -0.3 is 10.6 Å². The van der Waals surface area contributed by atoms with Crippen LogP contribution in [0, 0.1) is 0 Å². The summed E-state index contributed by atoms with van der Waals surface area (Å²) >= 11 is 0. The highest BCUT2D eigenvalue weighted by atomic mass is 16.1. The van der Waals surface area contributed by atoms with E-state index >= 15 is 0 Å². The number of carbonyl (C=O) groups is 1. The average molecular weight is 285 g/mol. The van der Waals surface area contributed by atoms with Gasteiger partial charge in [0.25, 0.3) is 0 Å². The Labute approximate surface area is 124 Å². The zero-order valence-electron chi connectivity index (χ0n) is 12.4. The molecule has 0 bridgehead atoms. The van der Waals surface area contributed by atoms with Crippen LogP contribution in [0.3, 0.4) is 0 Å². The molecule has 110 valence electrons. The maximum Gasteiger partial charge on any atom is 0.249 e. The molecule has 1 aromatic carbocycles. The molecule has 0 aliphatic rings. The van der Waals surface area contributed by atoms with Crippen molar-refractivity contribution in [1.82, 2.24) is 15.2 Å². The Morgan fingerprint density at radius 1 is 1.38 bits per heavy atom. The number of hydrogen-bond acceptors (Lipinski definition) is 6. The third kappa shape index (κ3) is 4.24. The van der Waals surface area contributed by atoms with Crippen molar-refractivity contribution < 1.29 is 4.79 Å². The van der Waals surface area contributed by atoms with Gasteiger partial charge >= 0.3 is 0 Å². The van der Waals surface area contributed by atoms with Crippen molar-refractivity contribution in [3.63, 3.8) is 0 Å². The van der Waals surface area contributed by atoms with Gasteiger partial charge in [-0.15, -0.1) is 5.10 Å². The van der Waals surface area contributed by atoms with E-state index in [1.54, 1.807) is 18.3 Å². The van der Waals surface area contributed by atoms with E-state index in [9.17, 15) is 4.79 Å². The molecule has 1 unspecified atom stereocenters. The predicted octanol–water partition coefficient (Wildman–Crippen LogP) is 3.03. The van der Waals surface area contributed by atoms with Gasteiger partial charge in [0, 0.05) is 17.3 Å². The quantitative estimate of drug-likeness (QED) is 0.794. The Bertz CT molecular complexity index is 629. The molecule has 6 heteroatoms. The number of aromatic nitrogens is 3. The first kappa shape index (κ1) is 14.9. The fraction of sp³-hybridized carbons (Fsp3) is 0.333. The fourth-order valence-corrected chi connectivity index (χ4v) is 1.73. The number of carbonyl (C=O) groups excluding carboxylic acids is 1. The lowest BCUT2D eigenvalue weighted by molar-refractivity contribution is 0.101. The summed E-state index contributed by atoms with van der Waals surface area (Å²) in [5, 5.41) is 14.2. The molecule has 2 N–H and O–H groups in total. The van der Waals surface area contributed by atoms with Crippen molar-refractivity contribution in [2.45, 2.75) is 33.2 Å². The molecule has 2 rings (SSSR count). The van der Waals surface area contributed by atoms with E-state index in [1.807, 2.05) is 12.1 Å². The van der Waals surface area contributed by atoms with Gasteiger partial charge in [-0.3, -0.25) is 4.79 Å². The maximum atomic E-state index is 11.4. The number of nitrogens with one attached hydrogen (secondary N) is 2. The lowest BCUT2D eigenvalue weighted by Crippen LogP contribution is -2.15. The second-order valence-electron chi connectivity index (χ2n) is 4.88. The van der Waals surface area contributed by atoms with Crippen LogP contribution in [-0.4, -0.2) is 27.0 Å². The van der Waals surface area contributed by atoms with Crippen molar-refractivity contribution in [1.29, 1.82) is 0 Å². The number of rotatable bonds is 6. The lowest BCUT2D eigenvalue weighted by Gasteiger charge is -2.12. The Morgan fingerprint density at radius 3 is 2.90 bits per heavy atom. The molecule has 0 saturated carbocycles. The molecule has 0 aliphatic carbocycles. The summed E-state index contributed by atoms with van der Waals surface area (Å²) in [5.41, 5.74) is 1.40. The summed E-state index contributed by atoms with van der Waals surface area (Å²) in [7, 11) is 0. The first-order valence-electron chi connectivity index (χ1n) is 6.92. The van der Waals surface area contributed by atoms with E-state index in [-0.39, 0.29) is 5.78 Å². The second kappa shape index (κ2) is 6.78. The summed E-state index contributed by atoms with van der Waals surface area (Å²) in [4.78, 5) is 15.7. The highest BCUT2D eigenvalue weighted by molar-refractivity contribution is 5.95. The van der Waals surface area contributed by atoms with E-state index in [2.05, 4.69) is 39.7 Å². The number of hydrogen-bond donors (Lipinski definition) is 2. The molecule has 0 fully saturated rings. The van der Waals surface area contributed by atoms with Crippen LogP contribution in [0.4, 0.5) is 17.5 Å². The number of ketones is 1.